The van der Waals surface area contributed by atoms with Gasteiger partial charge in [0.1, 0.15) is 5.75 Å². The van der Waals surface area contributed by atoms with Crippen molar-refractivity contribution in [3.05, 3.63) is 53.1 Å². The lowest BCUT2D eigenvalue weighted by atomic mass is 9.83. The van der Waals surface area contributed by atoms with Gasteiger partial charge in [0.15, 0.2) is 11.5 Å². The van der Waals surface area contributed by atoms with Gasteiger partial charge in [-0.25, -0.2) is 0 Å². The Bertz CT molecular complexity index is 1270. The minimum atomic E-state index is -0.814. The summed E-state index contributed by atoms with van der Waals surface area (Å²) in [6.07, 6.45) is 6.05. The van der Waals surface area contributed by atoms with Gasteiger partial charge in [-0.15, -0.1) is 0 Å². The van der Waals surface area contributed by atoms with Crippen molar-refractivity contribution in [2.75, 3.05) is 60.2 Å². The molecule has 2 aromatic rings. The van der Waals surface area contributed by atoms with Crippen LogP contribution < -0.4 is 14.2 Å². The van der Waals surface area contributed by atoms with Gasteiger partial charge in [0, 0.05) is 38.0 Å². The zero-order chi connectivity index (χ0) is 30.3. The number of carboxylic acids is 1. The van der Waals surface area contributed by atoms with E-state index in [0.717, 1.165) is 85.7 Å². The summed E-state index contributed by atoms with van der Waals surface area (Å²) >= 11 is 0. The lowest BCUT2D eigenvalue weighted by Crippen LogP contribution is -2.45. The van der Waals surface area contributed by atoms with Crippen molar-refractivity contribution < 1.29 is 28.9 Å². The van der Waals surface area contributed by atoms with Crippen LogP contribution in [0, 0.1) is 5.92 Å². The monoisotopic (exact) mass is 593 g/mol. The van der Waals surface area contributed by atoms with E-state index in [-0.39, 0.29) is 31.2 Å². The van der Waals surface area contributed by atoms with Gasteiger partial charge in [-0.2, -0.15) is 0 Å². The summed E-state index contributed by atoms with van der Waals surface area (Å²) in [5, 5.41) is 10.6. The molecule has 1 fully saturated rings. The van der Waals surface area contributed by atoms with E-state index in [4.69, 9.17) is 14.2 Å². The van der Waals surface area contributed by atoms with E-state index in [0.29, 0.717) is 26.0 Å². The number of rotatable bonds is 15. The summed E-state index contributed by atoms with van der Waals surface area (Å²) in [4.78, 5) is 33.1. The minimum Gasteiger partial charge on any atom is -0.493 e. The Hall–Kier alpha value is -3.30. The largest absolute Gasteiger partial charge is 0.493 e. The molecule has 3 aliphatic heterocycles. The first kappa shape index (κ1) is 31.1. The van der Waals surface area contributed by atoms with Crippen LogP contribution >= 0.6 is 0 Å². The first-order chi connectivity index (χ1) is 20.9. The van der Waals surface area contributed by atoms with Crippen molar-refractivity contribution in [2.24, 2.45) is 5.92 Å². The summed E-state index contributed by atoms with van der Waals surface area (Å²) in [7, 11) is 4.14. The fraction of sp³-hybridized carbons (Fsp3) is 0.588. The Kier molecular flexibility index (Phi) is 10.5. The summed E-state index contributed by atoms with van der Waals surface area (Å²) in [5.41, 5.74) is 3.16. The van der Waals surface area contributed by atoms with Gasteiger partial charge in [0.2, 0.25) is 12.7 Å². The molecular weight excluding hydrogens is 546 g/mol. The van der Waals surface area contributed by atoms with Gasteiger partial charge in [0.25, 0.3) is 0 Å². The summed E-state index contributed by atoms with van der Waals surface area (Å²) in [5.74, 6) is 0.785. The number of amides is 1. The number of carbonyl (C=O) groups excluding carboxylic acids is 1. The van der Waals surface area contributed by atoms with Crippen molar-refractivity contribution >= 4 is 11.9 Å². The van der Waals surface area contributed by atoms with Gasteiger partial charge in [-0.1, -0.05) is 37.6 Å². The second-order valence-corrected chi connectivity index (χ2v) is 12.4. The fourth-order valence-corrected chi connectivity index (χ4v) is 6.83. The van der Waals surface area contributed by atoms with E-state index in [9.17, 15) is 14.7 Å². The summed E-state index contributed by atoms with van der Waals surface area (Å²) in [6.45, 7) is 6.21. The number of aliphatic carboxylic acids is 1. The molecule has 0 saturated carbocycles. The zero-order valence-corrected chi connectivity index (χ0v) is 25.9. The molecule has 0 aliphatic carbocycles. The smallest absolute Gasteiger partial charge is 0.308 e. The van der Waals surface area contributed by atoms with Gasteiger partial charge in [0.05, 0.1) is 19.1 Å². The molecule has 3 atom stereocenters. The Morgan fingerprint density at radius 2 is 1.81 bits per heavy atom. The molecular formula is C34H47N3O6. The van der Waals surface area contributed by atoms with Crippen molar-refractivity contribution in [1.29, 1.82) is 0 Å². The van der Waals surface area contributed by atoms with Crippen molar-refractivity contribution in [2.45, 2.75) is 63.8 Å². The molecule has 43 heavy (non-hydrogen) atoms. The van der Waals surface area contributed by atoms with Gasteiger partial charge in [-0.05, 0) is 81.6 Å². The third-order valence-corrected chi connectivity index (χ3v) is 9.12. The van der Waals surface area contributed by atoms with Gasteiger partial charge in [-0.3, -0.25) is 14.5 Å². The summed E-state index contributed by atoms with van der Waals surface area (Å²) < 4.78 is 17.0. The number of likely N-dealkylation sites (tertiary alicyclic amines) is 1. The van der Waals surface area contributed by atoms with Crippen LogP contribution in [-0.4, -0.2) is 97.9 Å². The number of ether oxygens (including phenoxy) is 3. The maximum absolute atomic E-state index is 13.9. The number of hydrogen-bond donors (Lipinski definition) is 1. The van der Waals surface area contributed by atoms with E-state index in [1.807, 2.05) is 35.2 Å². The Morgan fingerprint density at radius 3 is 2.60 bits per heavy atom. The van der Waals surface area contributed by atoms with E-state index >= 15 is 0 Å². The molecule has 1 unspecified atom stereocenters. The highest BCUT2D eigenvalue weighted by atomic mass is 16.7. The maximum Gasteiger partial charge on any atom is 0.308 e. The van der Waals surface area contributed by atoms with Crippen LogP contribution in [0.3, 0.4) is 0 Å². The normalized spacial score (nSPS) is 20.8. The van der Waals surface area contributed by atoms with Gasteiger partial charge < -0.3 is 29.1 Å². The molecule has 3 heterocycles. The topological polar surface area (TPSA) is 91.8 Å². The predicted molar refractivity (Wildman–Crippen MR) is 165 cm³/mol. The standard InChI is InChI=1S/C34H47N3O6/c1-4-5-17-36(18-7-6-16-35(2)3)31(38)22-37-21-27(25-12-14-29-26(20-25)15-19-41-29)32(34(39)40)28(37)13-11-24-9-8-10-30-33(24)43-23-42-30/h8-10,12,14,20,27-28,32H,4-7,11,13,15-19,21-23H2,1-3H3,(H,39,40)/t27-,28+,32?/m1/s1. The SMILES string of the molecule is CCCCN(CCCCN(C)C)C(=O)CN1C[C@H](c2ccc3c(c2)CCO3)C(C(=O)O)[C@@H]1CCc1cccc2c1OCO2. The molecule has 1 saturated heterocycles. The lowest BCUT2D eigenvalue weighted by molar-refractivity contribution is -0.143. The second kappa shape index (κ2) is 14.4. The third-order valence-electron chi connectivity index (χ3n) is 9.12. The molecule has 1 N–H and O–H groups in total. The molecule has 1 amide bonds. The average Bonchev–Trinajstić information content (AvgIpc) is 3.73. The highest BCUT2D eigenvalue weighted by Gasteiger charge is 2.47. The Labute approximate surface area is 255 Å². The maximum atomic E-state index is 13.9. The number of unbranched alkanes of at least 4 members (excludes halogenated alkanes) is 2. The quantitative estimate of drug-likeness (QED) is 0.304. The number of benzene rings is 2. The van der Waals surface area contributed by atoms with Crippen LogP contribution in [-0.2, 0) is 22.4 Å². The van der Waals surface area contributed by atoms with Crippen molar-refractivity contribution in [1.82, 2.24) is 14.7 Å². The van der Waals surface area contributed by atoms with Crippen LogP contribution in [0.1, 0.15) is 61.6 Å². The average molecular weight is 594 g/mol. The van der Waals surface area contributed by atoms with Crippen LogP contribution in [0.2, 0.25) is 0 Å². The molecule has 9 nitrogen and oxygen atoms in total. The number of fused-ring (bicyclic) bond motifs is 2. The molecule has 0 radical (unpaired) electrons. The van der Waals surface area contributed by atoms with E-state index < -0.39 is 11.9 Å². The number of aryl methyl sites for hydroxylation is 1. The van der Waals surface area contributed by atoms with Crippen LogP contribution in [0.4, 0.5) is 0 Å². The first-order valence-corrected chi connectivity index (χ1v) is 15.9. The van der Waals surface area contributed by atoms with Crippen LogP contribution in [0.5, 0.6) is 17.2 Å². The second-order valence-electron chi connectivity index (χ2n) is 12.4. The number of para-hydroxylation sites is 1. The molecule has 9 heteroatoms. The molecule has 5 rings (SSSR count). The van der Waals surface area contributed by atoms with Gasteiger partial charge >= 0.3 is 5.97 Å². The van der Waals surface area contributed by atoms with Crippen molar-refractivity contribution in [3.63, 3.8) is 0 Å². The fourth-order valence-electron chi connectivity index (χ4n) is 6.83. The molecule has 2 aromatic carbocycles. The van der Waals surface area contributed by atoms with E-state index in [1.54, 1.807) is 0 Å². The molecule has 0 spiro atoms. The molecule has 3 aliphatic rings. The molecule has 0 bridgehead atoms. The van der Waals surface area contributed by atoms with Crippen LogP contribution in [0.15, 0.2) is 36.4 Å². The highest BCUT2D eigenvalue weighted by Crippen LogP contribution is 2.42. The zero-order valence-electron chi connectivity index (χ0n) is 25.9. The Morgan fingerprint density at radius 1 is 1.00 bits per heavy atom. The van der Waals surface area contributed by atoms with E-state index in [1.165, 1.54) is 0 Å². The highest BCUT2D eigenvalue weighted by molar-refractivity contribution is 5.79. The third kappa shape index (κ3) is 7.44. The lowest BCUT2D eigenvalue weighted by Gasteiger charge is -2.30. The number of hydrogen-bond acceptors (Lipinski definition) is 7. The summed E-state index contributed by atoms with van der Waals surface area (Å²) in [6, 6.07) is 11.7. The molecule has 0 aromatic heterocycles. The Balaban J connectivity index is 1.38. The molecule has 234 valence electrons. The number of carboxylic acid groups (broad SMARTS) is 1. The minimum absolute atomic E-state index is 0.0905. The number of carbonyl (C=O) groups is 2. The predicted octanol–water partition coefficient (Wildman–Crippen LogP) is 4.42. The number of nitrogens with zero attached hydrogens (tertiary/aromatic N) is 3. The van der Waals surface area contributed by atoms with Crippen molar-refractivity contribution in [3.8, 4) is 17.2 Å². The van der Waals surface area contributed by atoms with E-state index in [2.05, 4.69) is 36.9 Å². The van der Waals surface area contributed by atoms with Crippen LogP contribution in [0.25, 0.3) is 0 Å². The first-order valence-electron chi connectivity index (χ1n) is 15.9.